The number of halogens is 1. The number of amides is 2. The van der Waals surface area contributed by atoms with Crippen LogP contribution in [0.5, 0.6) is 5.75 Å². The molecule has 0 aromatic heterocycles. The molecule has 0 bridgehead atoms. The number of nitrogens with zero attached hydrogens (tertiary/aromatic N) is 1. The summed E-state index contributed by atoms with van der Waals surface area (Å²) in [5.74, 6) is 0.454. The molecule has 0 aliphatic carbocycles. The van der Waals surface area contributed by atoms with E-state index in [0.717, 1.165) is 5.75 Å². The first-order valence-electron chi connectivity index (χ1n) is 9.91. The van der Waals surface area contributed by atoms with Gasteiger partial charge >= 0.3 is 6.03 Å². The Hall–Kier alpha value is -2.80. The molecule has 2 unspecified atom stereocenters. The third-order valence-corrected chi connectivity index (χ3v) is 4.65. The van der Waals surface area contributed by atoms with Gasteiger partial charge in [0, 0.05) is 25.3 Å². The Morgan fingerprint density at radius 1 is 1.17 bits per heavy atom. The predicted octanol–water partition coefficient (Wildman–Crippen LogP) is 4.16. The van der Waals surface area contributed by atoms with Gasteiger partial charge in [-0.2, -0.15) is 0 Å². The van der Waals surface area contributed by atoms with Crippen LogP contribution in [-0.2, 0) is 11.3 Å². The van der Waals surface area contributed by atoms with Crippen LogP contribution in [0.4, 0.5) is 20.6 Å². The third-order valence-electron chi connectivity index (χ3n) is 4.65. The van der Waals surface area contributed by atoms with E-state index in [2.05, 4.69) is 10.6 Å². The molecule has 2 N–H and O–H groups in total. The molecule has 2 aromatic rings. The standard InChI is InChI=1S/C22H28FN3O3/c1-4-28-19-8-6-18(7-9-19)25-22(27)24-12-17-5-10-21(20(23)11-17)26-13-15(2)29-16(3)14-26/h5-11,15-16H,4,12-14H2,1-3H3,(H2,24,25,27). The minimum absolute atomic E-state index is 0.0609. The van der Waals surface area contributed by atoms with E-state index >= 15 is 0 Å². The molecule has 156 valence electrons. The highest BCUT2D eigenvalue weighted by Crippen LogP contribution is 2.24. The minimum Gasteiger partial charge on any atom is -0.494 e. The molecule has 0 spiro atoms. The Bertz CT molecular complexity index is 819. The summed E-state index contributed by atoms with van der Waals surface area (Å²) in [7, 11) is 0. The van der Waals surface area contributed by atoms with Gasteiger partial charge in [0.25, 0.3) is 0 Å². The summed E-state index contributed by atoms with van der Waals surface area (Å²) in [6.45, 7) is 8.02. The van der Waals surface area contributed by atoms with Crippen molar-refractivity contribution in [3.8, 4) is 5.75 Å². The van der Waals surface area contributed by atoms with Crippen LogP contribution < -0.4 is 20.3 Å². The summed E-state index contributed by atoms with van der Waals surface area (Å²) in [5.41, 5.74) is 1.92. The van der Waals surface area contributed by atoms with Crippen LogP contribution in [0.3, 0.4) is 0 Å². The molecule has 2 atom stereocenters. The molecule has 6 nitrogen and oxygen atoms in total. The van der Waals surface area contributed by atoms with E-state index in [9.17, 15) is 9.18 Å². The highest BCUT2D eigenvalue weighted by Gasteiger charge is 2.24. The number of anilines is 2. The molecule has 29 heavy (non-hydrogen) atoms. The van der Waals surface area contributed by atoms with Gasteiger partial charge in [-0.05, 0) is 62.7 Å². The van der Waals surface area contributed by atoms with Crippen LogP contribution in [0.25, 0.3) is 0 Å². The van der Waals surface area contributed by atoms with Crippen molar-refractivity contribution >= 4 is 17.4 Å². The number of hydrogen-bond donors (Lipinski definition) is 2. The predicted molar refractivity (Wildman–Crippen MR) is 112 cm³/mol. The third kappa shape index (κ3) is 5.84. The Morgan fingerprint density at radius 3 is 2.48 bits per heavy atom. The first-order chi connectivity index (χ1) is 13.9. The molecule has 1 fully saturated rings. The fourth-order valence-electron chi connectivity index (χ4n) is 3.45. The van der Waals surface area contributed by atoms with Crippen LogP contribution in [0.1, 0.15) is 26.3 Å². The van der Waals surface area contributed by atoms with Crippen molar-refractivity contribution < 1.29 is 18.7 Å². The summed E-state index contributed by atoms with van der Waals surface area (Å²) in [6, 6.07) is 11.8. The highest BCUT2D eigenvalue weighted by atomic mass is 19.1. The molecule has 1 aliphatic heterocycles. The van der Waals surface area contributed by atoms with E-state index in [1.54, 1.807) is 30.3 Å². The summed E-state index contributed by atoms with van der Waals surface area (Å²) < 4.78 is 25.7. The summed E-state index contributed by atoms with van der Waals surface area (Å²) in [4.78, 5) is 14.1. The second-order valence-electron chi connectivity index (χ2n) is 7.21. The average molecular weight is 401 g/mol. The second kappa shape index (κ2) is 9.60. The van der Waals surface area contributed by atoms with Crippen molar-refractivity contribution in [2.75, 3.05) is 29.9 Å². The molecule has 2 aromatic carbocycles. The second-order valence-corrected chi connectivity index (χ2v) is 7.21. The molecular formula is C22H28FN3O3. The average Bonchev–Trinajstić information content (AvgIpc) is 2.67. The van der Waals surface area contributed by atoms with E-state index in [4.69, 9.17) is 9.47 Å². The zero-order valence-electron chi connectivity index (χ0n) is 17.1. The number of hydrogen-bond acceptors (Lipinski definition) is 4. The molecule has 0 radical (unpaired) electrons. The smallest absolute Gasteiger partial charge is 0.319 e. The van der Waals surface area contributed by atoms with Crippen LogP contribution in [0, 0.1) is 5.82 Å². The normalized spacial score (nSPS) is 19.0. The van der Waals surface area contributed by atoms with Crippen LogP contribution in [0.2, 0.25) is 0 Å². The van der Waals surface area contributed by atoms with Gasteiger partial charge < -0.3 is 25.0 Å². The van der Waals surface area contributed by atoms with Gasteiger partial charge in [0.1, 0.15) is 11.6 Å². The topological polar surface area (TPSA) is 62.8 Å². The molecule has 7 heteroatoms. The Kier molecular flexibility index (Phi) is 6.93. The number of ether oxygens (including phenoxy) is 2. The van der Waals surface area contributed by atoms with E-state index in [0.29, 0.717) is 36.6 Å². The first-order valence-corrected chi connectivity index (χ1v) is 9.91. The number of carbonyl (C=O) groups excluding carboxylic acids is 1. The Morgan fingerprint density at radius 2 is 1.86 bits per heavy atom. The number of carbonyl (C=O) groups is 1. The molecular weight excluding hydrogens is 373 g/mol. The van der Waals surface area contributed by atoms with Crippen LogP contribution >= 0.6 is 0 Å². The molecule has 1 heterocycles. The fourth-order valence-corrected chi connectivity index (χ4v) is 3.45. The number of rotatable bonds is 6. The van der Waals surface area contributed by atoms with Crippen molar-refractivity contribution in [2.45, 2.75) is 39.5 Å². The summed E-state index contributed by atoms with van der Waals surface area (Å²) in [6.07, 6.45) is 0.122. The zero-order chi connectivity index (χ0) is 20.8. The minimum atomic E-state index is -0.352. The van der Waals surface area contributed by atoms with Crippen molar-refractivity contribution in [3.05, 3.63) is 53.8 Å². The molecule has 2 amide bonds. The van der Waals surface area contributed by atoms with Gasteiger partial charge in [-0.25, -0.2) is 9.18 Å². The summed E-state index contributed by atoms with van der Waals surface area (Å²) in [5, 5.41) is 5.49. The molecule has 1 saturated heterocycles. The quantitative estimate of drug-likeness (QED) is 0.763. The van der Waals surface area contributed by atoms with Crippen LogP contribution in [0.15, 0.2) is 42.5 Å². The highest BCUT2D eigenvalue weighted by molar-refractivity contribution is 5.89. The molecule has 1 aliphatic rings. The van der Waals surface area contributed by atoms with Gasteiger partial charge in [0.15, 0.2) is 0 Å². The van der Waals surface area contributed by atoms with Gasteiger partial charge in [0.2, 0.25) is 0 Å². The van der Waals surface area contributed by atoms with Gasteiger partial charge in [-0.3, -0.25) is 0 Å². The van der Waals surface area contributed by atoms with Crippen molar-refractivity contribution in [1.29, 1.82) is 0 Å². The maximum absolute atomic E-state index is 14.6. The zero-order valence-corrected chi connectivity index (χ0v) is 17.1. The number of nitrogens with one attached hydrogen (secondary N) is 2. The Labute approximate surface area is 171 Å². The SMILES string of the molecule is CCOc1ccc(NC(=O)NCc2ccc(N3CC(C)OC(C)C3)c(F)c2)cc1. The van der Waals surface area contributed by atoms with Gasteiger partial charge in [-0.1, -0.05) is 6.07 Å². The maximum atomic E-state index is 14.6. The monoisotopic (exact) mass is 401 g/mol. The fraction of sp³-hybridized carbons (Fsp3) is 0.409. The van der Waals surface area contributed by atoms with Crippen molar-refractivity contribution in [1.82, 2.24) is 5.32 Å². The number of morpholine rings is 1. The number of urea groups is 1. The number of benzene rings is 2. The van der Waals surface area contributed by atoms with E-state index in [1.165, 1.54) is 6.07 Å². The largest absolute Gasteiger partial charge is 0.494 e. The van der Waals surface area contributed by atoms with Gasteiger partial charge in [0.05, 0.1) is 24.5 Å². The van der Waals surface area contributed by atoms with Crippen LogP contribution in [-0.4, -0.2) is 37.9 Å². The lowest BCUT2D eigenvalue weighted by Gasteiger charge is -2.37. The van der Waals surface area contributed by atoms with E-state index in [-0.39, 0.29) is 30.6 Å². The molecule has 0 saturated carbocycles. The lowest BCUT2D eigenvalue weighted by molar-refractivity contribution is -0.00539. The first kappa shape index (κ1) is 20.9. The van der Waals surface area contributed by atoms with E-state index in [1.807, 2.05) is 31.7 Å². The van der Waals surface area contributed by atoms with Crippen molar-refractivity contribution in [3.63, 3.8) is 0 Å². The maximum Gasteiger partial charge on any atom is 0.319 e. The summed E-state index contributed by atoms with van der Waals surface area (Å²) >= 11 is 0. The Balaban J connectivity index is 1.54. The molecule has 3 rings (SSSR count). The lowest BCUT2D eigenvalue weighted by atomic mass is 10.1. The lowest BCUT2D eigenvalue weighted by Crippen LogP contribution is -2.45. The van der Waals surface area contributed by atoms with E-state index < -0.39 is 0 Å². The van der Waals surface area contributed by atoms with Gasteiger partial charge in [-0.15, -0.1) is 0 Å². The van der Waals surface area contributed by atoms with Crippen molar-refractivity contribution in [2.24, 2.45) is 0 Å².